The molecule has 1 fully saturated rings. The zero-order valence-electron chi connectivity index (χ0n) is 24.1. The molecule has 1 aliphatic heterocycles. The zero-order chi connectivity index (χ0) is 28.7. The van der Waals surface area contributed by atoms with Gasteiger partial charge in [0.1, 0.15) is 0 Å². The Morgan fingerprint density at radius 1 is 0.900 bits per heavy atom. The van der Waals surface area contributed by atoms with Crippen LogP contribution in [0, 0.1) is 10.1 Å². The van der Waals surface area contributed by atoms with E-state index in [1.165, 1.54) is 50.7 Å². The first-order chi connectivity index (χ1) is 19.5. The van der Waals surface area contributed by atoms with Crippen molar-refractivity contribution >= 4 is 23.4 Å². The first-order valence-electron chi connectivity index (χ1n) is 14.3. The molecule has 0 unspecified atom stereocenters. The number of carbonyl (C=O) groups excluding carboxylic acids is 1. The minimum atomic E-state index is -0.406. The lowest BCUT2D eigenvalue weighted by atomic mass is 10.1. The average Bonchev–Trinajstić information content (AvgIpc) is 2.99. The first-order valence-corrected chi connectivity index (χ1v) is 14.3. The van der Waals surface area contributed by atoms with Crippen LogP contribution >= 0.6 is 0 Å². The van der Waals surface area contributed by atoms with Gasteiger partial charge in [-0.1, -0.05) is 51.9 Å². The molecule has 1 heterocycles. The van der Waals surface area contributed by atoms with Crippen LogP contribution in [0.25, 0.3) is 6.08 Å². The molecule has 0 spiro atoms. The van der Waals surface area contributed by atoms with Crippen molar-refractivity contribution in [1.82, 2.24) is 4.90 Å². The molecule has 1 saturated heterocycles. The van der Waals surface area contributed by atoms with Gasteiger partial charge in [0.2, 0.25) is 11.7 Å². The molecule has 0 atom stereocenters. The van der Waals surface area contributed by atoms with Crippen molar-refractivity contribution in [3.63, 3.8) is 0 Å². The van der Waals surface area contributed by atoms with Crippen molar-refractivity contribution in [2.24, 2.45) is 0 Å². The summed E-state index contributed by atoms with van der Waals surface area (Å²) in [4.78, 5) is 27.3. The van der Waals surface area contributed by atoms with Crippen LogP contribution in [0.3, 0.4) is 0 Å². The molecule has 2 aromatic rings. The molecule has 1 amide bonds. The van der Waals surface area contributed by atoms with Crippen LogP contribution < -0.4 is 19.1 Å². The van der Waals surface area contributed by atoms with Gasteiger partial charge in [-0.05, 0) is 42.3 Å². The van der Waals surface area contributed by atoms with Crippen molar-refractivity contribution in [1.29, 1.82) is 0 Å². The lowest BCUT2D eigenvalue weighted by Gasteiger charge is -2.35. The number of rotatable bonds is 16. The molecular formula is C31H43N3O6. The fraction of sp³-hybridized carbons (Fsp3) is 0.516. The Morgan fingerprint density at radius 3 is 2.02 bits per heavy atom. The minimum absolute atomic E-state index is 0.0686. The van der Waals surface area contributed by atoms with E-state index in [1.807, 2.05) is 12.1 Å². The maximum atomic E-state index is 12.9. The number of piperazine rings is 1. The molecule has 218 valence electrons. The molecule has 0 N–H and O–H groups in total. The van der Waals surface area contributed by atoms with Gasteiger partial charge >= 0.3 is 0 Å². The molecule has 1 aliphatic rings. The third-order valence-corrected chi connectivity index (χ3v) is 7.16. The number of hydrogen-bond donors (Lipinski definition) is 0. The highest BCUT2D eigenvalue weighted by molar-refractivity contribution is 5.92. The Morgan fingerprint density at radius 2 is 1.48 bits per heavy atom. The van der Waals surface area contributed by atoms with E-state index in [1.54, 1.807) is 43.4 Å². The predicted octanol–water partition coefficient (Wildman–Crippen LogP) is 6.49. The quantitative estimate of drug-likeness (QED) is 0.101. The smallest absolute Gasteiger partial charge is 0.269 e. The van der Waals surface area contributed by atoms with Gasteiger partial charge in [0.15, 0.2) is 11.5 Å². The molecule has 3 rings (SSSR count). The standard InChI is InChI=1S/C31H43N3O6/c1-4-5-6-7-8-9-10-11-22-40-31-28(38-2)23-25(24-29(31)39-3)12-17-30(35)33-20-18-32(19-21-33)26-13-15-27(16-14-26)34(36)37/h12-17,23-24H,4-11,18-22H2,1-3H3/b17-12+. The summed E-state index contributed by atoms with van der Waals surface area (Å²) in [6.07, 6.45) is 13.2. The van der Waals surface area contributed by atoms with E-state index in [2.05, 4.69) is 11.8 Å². The molecule has 9 heteroatoms. The summed E-state index contributed by atoms with van der Waals surface area (Å²) < 4.78 is 17.2. The van der Waals surface area contributed by atoms with E-state index in [-0.39, 0.29) is 11.6 Å². The molecule has 2 aromatic carbocycles. The van der Waals surface area contributed by atoms with Gasteiger partial charge in [0, 0.05) is 50.1 Å². The van der Waals surface area contributed by atoms with E-state index in [9.17, 15) is 14.9 Å². The molecule has 0 bridgehead atoms. The normalized spacial score (nSPS) is 13.5. The number of methoxy groups -OCH3 is 2. The number of anilines is 1. The SMILES string of the molecule is CCCCCCCCCCOc1c(OC)cc(/C=C/C(=O)N2CCN(c3ccc([N+](=O)[O-])cc3)CC2)cc1OC. The van der Waals surface area contributed by atoms with Crippen LogP contribution in [0.5, 0.6) is 17.2 Å². The maximum Gasteiger partial charge on any atom is 0.269 e. The molecule has 0 aliphatic carbocycles. The van der Waals surface area contributed by atoms with E-state index in [0.29, 0.717) is 50.0 Å². The Kier molecular flexibility index (Phi) is 12.6. The predicted molar refractivity (Wildman–Crippen MR) is 159 cm³/mol. The molecular weight excluding hydrogens is 510 g/mol. The second kappa shape index (κ2) is 16.4. The second-order valence-corrected chi connectivity index (χ2v) is 10.00. The van der Waals surface area contributed by atoms with Gasteiger partial charge in [-0.3, -0.25) is 14.9 Å². The van der Waals surface area contributed by atoms with Crippen molar-refractivity contribution in [2.45, 2.75) is 58.3 Å². The number of unbranched alkanes of at least 4 members (excludes halogenated alkanes) is 7. The number of nitro groups is 1. The summed E-state index contributed by atoms with van der Waals surface area (Å²) in [6, 6.07) is 10.2. The Balaban J connectivity index is 1.50. The molecule has 0 aromatic heterocycles. The second-order valence-electron chi connectivity index (χ2n) is 10.00. The van der Waals surface area contributed by atoms with Crippen molar-refractivity contribution in [3.05, 3.63) is 58.2 Å². The van der Waals surface area contributed by atoms with Crippen LogP contribution in [-0.2, 0) is 4.79 Å². The maximum absolute atomic E-state index is 12.9. The minimum Gasteiger partial charge on any atom is -0.493 e. The number of amides is 1. The zero-order valence-corrected chi connectivity index (χ0v) is 24.1. The van der Waals surface area contributed by atoms with E-state index in [4.69, 9.17) is 14.2 Å². The summed E-state index contributed by atoms with van der Waals surface area (Å²) in [5, 5.41) is 10.9. The van der Waals surface area contributed by atoms with Gasteiger partial charge in [-0.15, -0.1) is 0 Å². The number of benzene rings is 2. The van der Waals surface area contributed by atoms with Crippen LogP contribution in [0.1, 0.15) is 63.9 Å². The Labute approximate surface area is 237 Å². The summed E-state index contributed by atoms with van der Waals surface area (Å²) in [5.74, 6) is 1.65. The third-order valence-electron chi connectivity index (χ3n) is 7.16. The average molecular weight is 554 g/mol. The topological polar surface area (TPSA) is 94.4 Å². The monoisotopic (exact) mass is 553 g/mol. The van der Waals surface area contributed by atoms with Gasteiger partial charge in [-0.2, -0.15) is 0 Å². The van der Waals surface area contributed by atoms with E-state index >= 15 is 0 Å². The fourth-order valence-electron chi connectivity index (χ4n) is 4.79. The van der Waals surface area contributed by atoms with Crippen LogP contribution in [0.2, 0.25) is 0 Å². The van der Waals surface area contributed by atoms with Gasteiger partial charge in [0.25, 0.3) is 5.69 Å². The molecule has 0 radical (unpaired) electrons. The van der Waals surface area contributed by atoms with Crippen LogP contribution in [-0.4, -0.2) is 62.7 Å². The Hall–Kier alpha value is -3.75. The summed E-state index contributed by atoms with van der Waals surface area (Å²) in [5.41, 5.74) is 1.77. The summed E-state index contributed by atoms with van der Waals surface area (Å²) >= 11 is 0. The number of carbonyl (C=O) groups is 1. The largest absolute Gasteiger partial charge is 0.493 e. The van der Waals surface area contributed by atoms with Gasteiger partial charge in [-0.25, -0.2) is 0 Å². The highest BCUT2D eigenvalue weighted by Crippen LogP contribution is 2.39. The Bertz CT molecular complexity index is 1090. The summed E-state index contributed by atoms with van der Waals surface area (Å²) in [6.45, 7) is 5.28. The number of nitro benzene ring substituents is 1. The van der Waals surface area contributed by atoms with E-state index < -0.39 is 4.92 Å². The van der Waals surface area contributed by atoms with Gasteiger partial charge in [0.05, 0.1) is 25.7 Å². The lowest BCUT2D eigenvalue weighted by molar-refractivity contribution is -0.384. The van der Waals surface area contributed by atoms with Crippen LogP contribution in [0.15, 0.2) is 42.5 Å². The number of hydrogen-bond acceptors (Lipinski definition) is 7. The van der Waals surface area contributed by atoms with E-state index in [0.717, 1.165) is 24.1 Å². The fourth-order valence-corrected chi connectivity index (χ4v) is 4.79. The molecule has 40 heavy (non-hydrogen) atoms. The molecule has 0 saturated carbocycles. The lowest BCUT2D eigenvalue weighted by Crippen LogP contribution is -2.48. The van der Waals surface area contributed by atoms with Crippen LogP contribution in [0.4, 0.5) is 11.4 Å². The van der Waals surface area contributed by atoms with Gasteiger partial charge < -0.3 is 24.0 Å². The number of non-ortho nitro benzene ring substituents is 1. The highest BCUT2D eigenvalue weighted by Gasteiger charge is 2.21. The number of nitrogens with zero attached hydrogens (tertiary/aromatic N) is 3. The first kappa shape index (κ1) is 30.8. The number of ether oxygens (including phenoxy) is 3. The molecule has 9 nitrogen and oxygen atoms in total. The van der Waals surface area contributed by atoms with Crippen molar-refractivity contribution in [2.75, 3.05) is 51.9 Å². The van der Waals surface area contributed by atoms with Crippen molar-refractivity contribution in [3.8, 4) is 17.2 Å². The van der Waals surface area contributed by atoms with Crippen molar-refractivity contribution < 1.29 is 23.9 Å². The highest BCUT2D eigenvalue weighted by atomic mass is 16.6. The summed E-state index contributed by atoms with van der Waals surface area (Å²) in [7, 11) is 3.20. The third kappa shape index (κ3) is 9.17.